The van der Waals surface area contributed by atoms with Gasteiger partial charge in [-0.05, 0) is 56.2 Å². The summed E-state index contributed by atoms with van der Waals surface area (Å²) < 4.78 is 5.01. The van der Waals surface area contributed by atoms with Crippen molar-refractivity contribution < 1.29 is 14.0 Å². The van der Waals surface area contributed by atoms with Gasteiger partial charge in [0.05, 0.1) is 6.26 Å². The number of nitrogens with zero attached hydrogens (tertiary/aromatic N) is 1. The minimum absolute atomic E-state index is 0.185. The van der Waals surface area contributed by atoms with Crippen LogP contribution in [0.2, 0.25) is 0 Å². The van der Waals surface area contributed by atoms with E-state index in [0.29, 0.717) is 5.69 Å². The summed E-state index contributed by atoms with van der Waals surface area (Å²) in [5, 5.41) is 5.41. The van der Waals surface area contributed by atoms with Crippen molar-refractivity contribution in [1.29, 1.82) is 0 Å². The van der Waals surface area contributed by atoms with E-state index in [0.717, 1.165) is 13.1 Å². The first-order valence-corrected chi connectivity index (χ1v) is 8.14. The molecular weight excluding hydrogens is 306 g/mol. The van der Waals surface area contributed by atoms with Crippen LogP contribution in [0.15, 0.2) is 47.1 Å². The molecule has 0 spiro atoms. The number of hydrogen-bond donors (Lipinski definition) is 2. The SMILES string of the molecule is C[C@H](NC(=O)c1ccco1)C(=O)Nc1ccc(N2CCCC2)cc1. The molecule has 0 radical (unpaired) electrons. The second kappa shape index (κ2) is 7.21. The number of anilines is 2. The van der Waals surface area contributed by atoms with Gasteiger partial charge >= 0.3 is 0 Å². The van der Waals surface area contributed by atoms with Crippen molar-refractivity contribution in [2.45, 2.75) is 25.8 Å². The van der Waals surface area contributed by atoms with Gasteiger partial charge in [-0.2, -0.15) is 0 Å². The molecule has 126 valence electrons. The van der Waals surface area contributed by atoms with E-state index < -0.39 is 11.9 Å². The normalized spacial score (nSPS) is 15.1. The minimum Gasteiger partial charge on any atom is -0.459 e. The number of carbonyl (C=O) groups excluding carboxylic acids is 2. The Morgan fingerprint density at radius 2 is 1.83 bits per heavy atom. The van der Waals surface area contributed by atoms with Crippen molar-refractivity contribution in [3.05, 3.63) is 48.4 Å². The van der Waals surface area contributed by atoms with Crippen LogP contribution in [0.4, 0.5) is 11.4 Å². The highest BCUT2D eigenvalue weighted by Gasteiger charge is 2.18. The molecule has 24 heavy (non-hydrogen) atoms. The van der Waals surface area contributed by atoms with Gasteiger partial charge in [-0.3, -0.25) is 9.59 Å². The van der Waals surface area contributed by atoms with Crippen molar-refractivity contribution in [1.82, 2.24) is 5.32 Å². The summed E-state index contributed by atoms with van der Waals surface area (Å²) in [4.78, 5) is 26.4. The third kappa shape index (κ3) is 3.76. The molecule has 1 aromatic heterocycles. The summed E-state index contributed by atoms with van der Waals surface area (Å²) in [6, 6.07) is 10.3. The summed E-state index contributed by atoms with van der Waals surface area (Å²) >= 11 is 0. The fraction of sp³-hybridized carbons (Fsp3) is 0.333. The van der Waals surface area contributed by atoms with Crippen molar-refractivity contribution in [3.63, 3.8) is 0 Å². The van der Waals surface area contributed by atoms with Gasteiger partial charge in [0.2, 0.25) is 5.91 Å². The fourth-order valence-corrected chi connectivity index (χ4v) is 2.72. The van der Waals surface area contributed by atoms with E-state index in [1.807, 2.05) is 24.3 Å². The monoisotopic (exact) mass is 327 g/mol. The predicted octanol–water partition coefficient (Wildman–Crippen LogP) is 2.64. The Kier molecular flexibility index (Phi) is 4.84. The zero-order valence-electron chi connectivity index (χ0n) is 13.6. The molecule has 0 unspecified atom stereocenters. The van der Waals surface area contributed by atoms with E-state index in [-0.39, 0.29) is 11.7 Å². The van der Waals surface area contributed by atoms with Gasteiger partial charge in [-0.25, -0.2) is 0 Å². The van der Waals surface area contributed by atoms with E-state index in [9.17, 15) is 9.59 Å². The van der Waals surface area contributed by atoms with E-state index in [1.54, 1.807) is 19.1 Å². The highest BCUT2D eigenvalue weighted by atomic mass is 16.3. The van der Waals surface area contributed by atoms with E-state index in [2.05, 4.69) is 15.5 Å². The molecule has 1 aliphatic rings. The van der Waals surface area contributed by atoms with Crippen molar-refractivity contribution in [2.24, 2.45) is 0 Å². The average molecular weight is 327 g/mol. The Bertz CT molecular complexity index is 689. The van der Waals surface area contributed by atoms with Crippen LogP contribution in [0, 0.1) is 0 Å². The summed E-state index contributed by atoms with van der Waals surface area (Å²) in [5.41, 5.74) is 1.88. The highest BCUT2D eigenvalue weighted by molar-refractivity contribution is 5.99. The van der Waals surface area contributed by atoms with Gasteiger partial charge in [-0.1, -0.05) is 0 Å². The maximum absolute atomic E-state index is 12.2. The Morgan fingerprint density at radius 3 is 2.46 bits per heavy atom. The van der Waals surface area contributed by atoms with Crippen LogP contribution in [-0.2, 0) is 4.79 Å². The van der Waals surface area contributed by atoms with Crippen LogP contribution in [0.3, 0.4) is 0 Å². The van der Waals surface area contributed by atoms with Gasteiger partial charge in [0, 0.05) is 24.5 Å². The van der Waals surface area contributed by atoms with Gasteiger partial charge in [0.15, 0.2) is 5.76 Å². The molecule has 2 heterocycles. The van der Waals surface area contributed by atoms with Crippen molar-refractivity contribution in [2.75, 3.05) is 23.3 Å². The summed E-state index contributed by atoms with van der Waals surface area (Å²) in [5.74, 6) is -0.500. The molecular formula is C18H21N3O3. The number of nitrogens with one attached hydrogen (secondary N) is 2. The second-order valence-corrected chi connectivity index (χ2v) is 5.90. The molecule has 2 N–H and O–H groups in total. The van der Waals surface area contributed by atoms with E-state index >= 15 is 0 Å². The average Bonchev–Trinajstić information content (AvgIpc) is 3.29. The van der Waals surface area contributed by atoms with Gasteiger partial charge in [-0.15, -0.1) is 0 Å². The fourth-order valence-electron chi connectivity index (χ4n) is 2.72. The number of hydrogen-bond acceptors (Lipinski definition) is 4. The zero-order valence-corrected chi connectivity index (χ0v) is 13.6. The molecule has 3 rings (SSSR count). The predicted molar refractivity (Wildman–Crippen MR) is 92.2 cm³/mol. The van der Waals surface area contributed by atoms with Crippen LogP contribution in [0.1, 0.15) is 30.3 Å². The van der Waals surface area contributed by atoms with Crippen LogP contribution in [0.5, 0.6) is 0 Å². The summed E-state index contributed by atoms with van der Waals surface area (Å²) in [6.45, 7) is 3.80. The first kappa shape index (κ1) is 16.1. The topological polar surface area (TPSA) is 74.6 Å². The minimum atomic E-state index is -0.666. The molecule has 0 aliphatic carbocycles. The van der Waals surface area contributed by atoms with E-state index in [4.69, 9.17) is 4.42 Å². The summed E-state index contributed by atoms with van der Waals surface area (Å²) in [7, 11) is 0. The third-order valence-corrected chi connectivity index (χ3v) is 4.09. The third-order valence-electron chi connectivity index (χ3n) is 4.09. The lowest BCUT2D eigenvalue weighted by molar-refractivity contribution is -0.117. The molecule has 1 aromatic carbocycles. The number of benzene rings is 1. The number of carbonyl (C=O) groups is 2. The smallest absolute Gasteiger partial charge is 0.287 e. The largest absolute Gasteiger partial charge is 0.459 e. The molecule has 6 heteroatoms. The summed E-state index contributed by atoms with van der Waals surface area (Å²) in [6.07, 6.45) is 3.87. The van der Waals surface area contributed by atoms with Crippen molar-refractivity contribution in [3.8, 4) is 0 Å². The number of rotatable bonds is 5. The molecule has 0 saturated carbocycles. The molecule has 2 aromatic rings. The Labute approximate surface area is 140 Å². The Morgan fingerprint density at radius 1 is 1.12 bits per heavy atom. The maximum atomic E-state index is 12.2. The molecule has 1 atom stereocenters. The van der Waals surface area contributed by atoms with Crippen LogP contribution in [0.25, 0.3) is 0 Å². The lowest BCUT2D eigenvalue weighted by atomic mass is 10.2. The van der Waals surface area contributed by atoms with Crippen molar-refractivity contribution >= 4 is 23.2 Å². The van der Waals surface area contributed by atoms with E-state index in [1.165, 1.54) is 24.8 Å². The first-order valence-electron chi connectivity index (χ1n) is 8.14. The quantitative estimate of drug-likeness (QED) is 0.885. The maximum Gasteiger partial charge on any atom is 0.287 e. The second-order valence-electron chi connectivity index (χ2n) is 5.90. The number of furan rings is 1. The Balaban J connectivity index is 1.54. The standard InChI is InChI=1S/C18H21N3O3/c1-13(19-18(23)16-5-4-12-24-16)17(22)20-14-6-8-15(9-7-14)21-10-2-3-11-21/h4-9,12-13H,2-3,10-11H2,1H3,(H,19,23)(H,20,22)/t13-/m0/s1. The highest BCUT2D eigenvalue weighted by Crippen LogP contribution is 2.22. The van der Waals surface area contributed by atoms with Crippen LogP contribution in [-0.4, -0.2) is 30.9 Å². The van der Waals surface area contributed by atoms with Gasteiger partial charge in [0.1, 0.15) is 6.04 Å². The zero-order chi connectivity index (χ0) is 16.9. The lowest BCUT2D eigenvalue weighted by Gasteiger charge is -2.18. The van der Waals surface area contributed by atoms with Crippen LogP contribution >= 0.6 is 0 Å². The van der Waals surface area contributed by atoms with Gasteiger partial charge < -0.3 is 20.0 Å². The Hall–Kier alpha value is -2.76. The molecule has 1 fully saturated rings. The number of amides is 2. The first-order chi connectivity index (χ1) is 11.6. The van der Waals surface area contributed by atoms with Crippen LogP contribution < -0.4 is 15.5 Å². The molecule has 1 aliphatic heterocycles. The molecule has 6 nitrogen and oxygen atoms in total. The molecule has 1 saturated heterocycles. The molecule has 0 bridgehead atoms. The van der Waals surface area contributed by atoms with Gasteiger partial charge in [0.25, 0.3) is 5.91 Å². The lowest BCUT2D eigenvalue weighted by Crippen LogP contribution is -2.41. The molecule has 2 amide bonds.